The normalized spacial score (nSPS) is 17.6. The molecule has 1 saturated heterocycles. The first-order chi connectivity index (χ1) is 11.9. The summed E-state index contributed by atoms with van der Waals surface area (Å²) < 4.78 is 7.60. The van der Waals surface area contributed by atoms with Crippen LogP contribution < -0.4 is 4.90 Å². The van der Waals surface area contributed by atoms with Crippen LogP contribution >= 0.6 is 0 Å². The summed E-state index contributed by atoms with van der Waals surface area (Å²) in [6.07, 6.45) is 1.47. The van der Waals surface area contributed by atoms with E-state index in [1.54, 1.807) is 10.9 Å². The molecule has 1 atom stereocenters. The van der Waals surface area contributed by atoms with Gasteiger partial charge in [0.15, 0.2) is 0 Å². The van der Waals surface area contributed by atoms with E-state index in [0.717, 1.165) is 17.1 Å². The van der Waals surface area contributed by atoms with E-state index in [9.17, 15) is 4.79 Å². The maximum absolute atomic E-state index is 13.0. The minimum atomic E-state index is -0.253. The molecule has 8 heteroatoms. The number of anilines is 1. The molecule has 0 spiro atoms. The van der Waals surface area contributed by atoms with Crippen LogP contribution in [0.2, 0.25) is 0 Å². The number of morpholine rings is 1. The van der Waals surface area contributed by atoms with E-state index in [0.29, 0.717) is 31.2 Å². The highest BCUT2D eigenvalue weighted by Gasteiger charge is 2.30. The quantitative estimate of drug-likeness (QED) is 0.830. The van der Waals surface area contributed by atoms with Crippen LogP contribution in [0.1, 0.15) is 33.5 Å². The monoisotopic (exact) mass is 344 g/mol. The number of aryl methyl sites for hydroxylation is 2. The molecule has 8 nitrogen and oxygen atoms in total. The number of ether oxygens (including phenoxy) is 1. The van der Waals surface area contributed by atoms with Crippen LogP contribution in [0.15, 0.2) is 12.3 Å². The Bertz CT molecular complexity index is 785. The first-order valence-electron chi connectivity index (χ1n) is 8.29. The zero-order valence-corrected chi connectivity index (χ0v) is 15.4. The molecule has 3 rings (SSSR count). The van der Waals surface area contributed by atoms with Crippen molar-refractivity contribution in [1.29, 1.82) is 0 Å². The van der Waals surface area contributed by atoms with Crippen LogP contribution in [0, 0.1) is 13.8 Å². The van der Waals surface area contributed by atoms with Crippen molar-refractivity contribution >= 4 is 11.9 Å². The molecular formula is C17H24N6O2. The Morgan fingerprint density at radius 2 is 2.12 bits per heavy atom. The summed E-state index contributed by atoms with van der Waals surface area (Å²) in [4.78, 5) is 25.4. The number of rotatable bonds is 3. The third kappa shape index (κ3) is 3.34. The minimum absolute atomic E-state index is 0.00158. The fourth-order valence-electron chi connectivity index (χ4n) is 3.01. The smallest absolute Gasteiger partial charge is 0.257 e. The van der Waals surface area contributed by atoms with E-state index in [4.69, 9.17) is 4.74 Å². The second kappa shape index (κ2) is 6.79. The van der Waals surface area contributed by atoms with E-state index in [-0.39, 0.29) is 12.0 Å². The Morgan fingerprint density at radius 1 is 1.36 bits per heavy atom. The summed E-state index contributed by atoms with van der Waals surface area (Å²) in [5, 5.41) is 4.35. The summed E-state index contributed by atoms with van der Waals surface area (Å²) in [7, 11) is 5.64. The van der Waals surface area contributed by atoms with Gasteiger partial charge >= 0.3 is 0 Å². The summed E-state index contributed by atoms with van der Waals surface area (Å²) in [5.41, 5.74) is 3.10. The maximum atomic E-state index is 13.0. The molecule has 0 aromatic carbocycles. The van der Waals surface area contributed by atoms with Crippen LogP contribution in [-0.2, 0) is 11.8 Å². The van der Waals surface area contributed by atoms with Gasteiger partial charge in [0, 0.05) is 39.6 Å². The van der Waals surface area contributed by atoms with Gasteiger partial charge in [-0.25, -0.2) is 9.97 Å². The second-order valence-electron chi connectivity index (χ2n) is 6.46. The largest absolute Gasteiger partial charge is 0.368 e. The third-order valence-electron chi connectivity index (χ3n) is 4.47. The summed E-state index contributed by atoms with van der Waals surface area (Å²) in [6.45, 7) is 5.30. The van der Waals surface area contributed by atoms with Gasteiger partial charge in [-0.1, -0.05) is 0 Å². The van der Waals surface area contributed by atoms with Gasteiger partial charge in [0.2, 0.25) is 5.95 Å². The number of aromatic nitrogens is 4. The van der Waals surface area contributed by atoms with Gasteiger partial charge in [0.1, 0.15) is 6.10 Å². The van der Waals surface area contributed by atoms with E-state index >= 15 is 0 Å². The van der Waals surface area contributed by atoms with Gasteiger partial charge in [0.25, 0.3) is 5.91 Å². The Kier molecular flexibility index (Phi) is 4.71. The highest BCUT2D eigenvalue weighted by molar-refractivity contribution is 5.96. The van der Waals surface area contributed by atoms with Crippen molar-refractivity contribution < 1.29 is 9.53 Å². The molecule has 25 heavy (non-hydrogen) atoms. The van der Waals surface area contributed by atoms with E-state index in [1.807, 2.05) is 50.9 Å². The molecule has 0 aliphatic carbocycles. The Labute approximate surface area is 147 Å². The van der Waals surface area contributed by atoms with Crippen molar-refractivity contribution in [3.05, 3.63) is 34.9 Å². The molecule has 3 heterocycles. The average Bonchev–Trinajstić information content (AvgIpc) is 2.86. The standard InChI is InChI=1S/C17H24N6O2/c1-11-15(12(2)22(5)20-11)16(24)23-8-9-25-14(10-23)13-6-7-18-17(19-13)21(3)4/h6-7,14H,8-10H2,1-5H3/t14-/m1/s1. The highest BCUT2D eigenvalue weighted by atomic mass is 16.5. The van der Waals surface area contributed by atoms with Gasteiger partial charge in [0.05, 0.1) is 30.1 Å². The number of amides is 1. The van der Waals surface area contributed by atoms with Crippen LogP contribution in [0.5, 0.6) is 0 Å². The predicted octanol–water partition coefficient (Wildman–Crippen LogP) is 1.11. The molecule has 0 unspecified atom stereocenters. The summed E-state index contributed by atoms with van der Waals surface area (Å²) in [6, 6.07) is 1.84. The lowest BCUT2D eigenvalue weighted by molar-refractivity contribution is -0.0247. The number of hydrogen-bond donors (Lipinski definition) is 0. The molecule has 2 aromatic heterocycles. The number of carbonyl (C=O) groups is 1. The Balaban J connectivity index is 1.81. The SMILES string of the molecule is Cc1nn(C)c(C)c1C(=O)N1CCO[C@@H](c2ccnc(N(C)C)n2)C1. The molecule has 1 amide bonds. The van der Waals surface area contributed by atoms with Crippen molar-refractivity contribution in [3.63, 3.8) is 0 Å². The summed E-state index contributed by atoms with van der Waals surface area (Å²) in [5.74, 6) is 0.627. The van der Waals surface area contributed by atoms with Crippen LogP contribution in [0.25, 0.3) is 0 Å². The minimum Gasteiger partial charge on any atom is -0.368 e. The molecule has 1 aliphatic rings. The fraction of sp³-hybridized carbons (Fsp3) is 0.529. The van der Waals surface area contributed by atoms with Crippen LogP contribution in [0.3, 0.4) is 0 Å². The fourth-order valence-corrected chi connectivity index (χ4v) is 3.01. The van der Waals surface area contributed by atoms with Crippen LogP contribution in [0.4, 0.5) is 5.95 Å². The molecule has 0 radical (unpaired) electrons. The zero-order chi connectivity index (χ0) is 18.1. The van der Waals surface area contributed by atoms with Crippen molar-refractivity contribution in [2.24, 2.45) is 7.05 Å². The number of nitrogens with zero attached hydrogens (tertiary/aromatic N) is 6. The molecular weight excluding hydrogens is 320 g/mol. The van der Waals surface area contributed by atoms with E-state index in [2.05, 4.69) is 15.1 Å². The van der Waals surface area contributed by atoms with Crippen molar-refractivity contribution in [2.45, 2.75) is 20.0 Å². The zero-order valence-electron chi connectivity index (χ0n) is 15.4. The number of hydrogen-bond acceptors (Lipinski definition) is 6. The van der Waals surface area contributed by atoms with Gasteiger partial charge in [-0.05, 0) is 19.9 Å². The molecule has 0 saturated carbocycles. The maximum Gasteiger partial charge on any atom is 0.257 e. The first kappa shape index (κ1) is 17.3. The Morgan fingerprint density at radius 3 is 2.76 bits per heavy atom. The van der Waals surface area contributed by atoms with Crippen molar-refractivity contribution in [2.75, 3.05) is 38.7 Å². The second-order valence-corrected chi connectivity index (χ2v) is 6.46. The molecule has 0 bridgehead atoms. The number of carbonyl (C=O) groups excluding carboxylic acids is 1. The van der Waals surface area contributed by atoms with Gasteiger partial charge in [-0.2, -0.15) is 5.10 Å². The van der Waals surface area contributed by atoms with Crippen LogP contribution in [-0.4, -0.2) is 64.3 Å². The lowest BCUT2D eigenvalue weighted by Gasteiger charge is -2.33. The highest BCUT2D eigenvalue weighted by Crippen LogP contribution is 2.24. The first-order valence-corrected chi connectivity index (χ1v) is 8.29. The van der Waals surface area contributed by atoms with Crippen molar-refractivity contribution in [3.8, 4) is 0 Å². The lowest BCUT2D eigenvalue weighted by atomic mass is 10.1. The Hall–Kier alpha value is -2.48. The van der Waals surface area contributed by atoms with E-state index in [1.165, 1.54) is 0 Å². The lowest BCUT2D eigenvalue weighted by Crippen LogP contribution is -2.42. The topological polar surface area (TPSA) is 76.4 Å². The molecule has 134 valence electrons. The molecule has 2 aromatic rings. The molecule has 1 fully saturated rings. The van der Waals surface area contributed by atoms with Gasteiger partial charge in [-0.3, -0.25) is 9.48 Å². The predicted molar refractivity (Wildman–Crippen MR) is 93.6 cm³/mol. The van der Waals surface area contributed by atoms with Gasteiger partial charge < -0.3 is 14.5 Å². The van der Waals surface area contributed by atoms with Crippen molar-refractivity contribution in [1.82, 2.24) is 24.6 Å². The van der Waals surface area contributed by atoms with E-state index < -0.39 is 0 Å². The third-order valence-corrected chi connectivity index (χ3v) is 4.47. The molecule has 1 aliphatic heterocycles. The summed E-state index contributed by atoms with van der Waals surface area (Å²) >= 11 is 0. The average molecular weight is 344 g/mol. The molecule has 0 N–H and O–H groups in total. The van der Waals surface area contributed by atoms with Gasteiger partial charge in [-0.15, -0.1) is 0 Å².